The third kappa shape index (κ3) is 1.58. The first-order chi connectivity index (χ1) is 5.79. The summed E-state index contributed by atoms with van der Waals surface area (Å²) >= 11 is 0. The minimum Gasteiger partial charge on any atom is -0.475 e. The highest BCUT2D eigenvalue weighted by atomic mass is 16.6. The van der Waals surface area contributed by atoms with Gasteiger partial charge in [-0.05, 0) is 13.8 Å². The van der Waals surface area contributed by atoms with Gasteiger partial charge in [0.1, 0.15) is 12.4 Å². The molecule has 0 radical (unpaired) electrons. The van der Waals surface area contributed by atoms with Gasteiger partial charge < -0.3 is 9.84 Å². The molecule has 0 aliphatic rings. The lowest BCUT2D eigenvalue weighted by Gasteiger charge is -1.94. The van der Waals surface area contributed by atoms with Crippen LogP contribution in [0.25, 0.3) is 5.95 Å². The second kappa shape index (κ2) is 3.80. The molecule has 1 rings (SSSR count). The molecule has 0 amide bonds. The zero-order valence-corrected chi connectivity index (χ0v) is 7.24. The van der Waals surface area contributed by atoms with Gasteiger partial charge in [-0.25, -0.2) is 9.23 Å². The van der Waals surface area contributed by atoms with Crippen LogP contribution in [0.3, 0.4) is 0 Å². The number of ether oxygens (including phenoxy) is 1. The van der Waals surface area contributed by atoms with E-state index in [0.717, 1.165) is 0 Å². The van der Waals surface area contributed by atoms with Crippen LogP contribution in [0.5, 0.6) is 0 Å². The number of hydrogen-bond donors (Lipinski definition) is 2. The Labute approximate surface area is 70.5 Å². The van der Waals surface area contributed by atoms with E-state index < -0.39 is 0 Å². The van der Waals surface area contributed by atoms with E-state index in [1.54, 1.807) is 16.6 Å². The number of nitrogens with zero attached hydrogens (tertiary/aromatic N) is 1. The summed E-state index contributed by atoms with van der Waals surface area (Å²) in [7, 11) is 0. The maximum Gasteiger partial charge on any atom is 0.371 e. The molecule has 12 heavy (non-hydrogen) atoms. The van der Waals surface area contributed by atoms with Crippen LogP contribution in [0.1, 0.15) is 13.8 Å². The Kier molecular flexibility index (Phi) is 2.74. The first-order valence-corrected chi connectivity index (χ1v) is 3.86. The standard InChI is InChI=1S/C8H12N2O2/c1-3-10-6-5-9-7(10)8(11)12-4-2/h3,5-6,9H,4H2,1-2H3/p+1. The molecule has 0 aromatic carbocycles. The quantitative estimate of drug-likeness (QED) is 0.612. The molecule has 0 aliphatic heterocycles. The van der Waals surface area contributed by atoms with Crippen molar-refractivity contribution in [2.75, 3.05) is 6.61 Å². The molecule has 0 spiro atoms. The molecule has 0 aliphatic carbocycles. The highest BCUT2D eigenvalue weighted by molar-refractivity contribution is 5.14. The van der Waals surface area contributed by atoms with Gasteiger partial charge in [0.05, 0.1) is 12.8 Å². The summed E-state index contributed by atoms with van der Waals surface area (Å²) < 4.78 is 6.67. The molecule has 0 fully saturated rings. The predicted molar refractivity (Wildman–Crippen MR) is 43.6 cm³/mol. The number of rotatable bonds is 2. The van der Waals surface area contributed by atoms with Crippen molar-refractivity contribution in [2.24, 2.45) is 0 Å². The number of hydrogen-bond acceptors (Lipinski definition) is 2. The van der Waals surface area contributed by atoms with E-state index >= 15 is 0 Å². The van der Waals surface area contributed by atoms with Crippen molar-refractivity contribution in [3.8, 4) is 0 Å². The highest BCUT2D eigenvalue weighted by Crippen LogP contribution is 1.84. The Balaban J connectivity index is 3.24. The van der Waals surface area contributed by atoms with Crippen LogP contribution in [-0.2, 0) is 4.74 Å². The Morgan fingerprint density at radius 2 is 2.58 bits per heavy atom. The Bertz CT molecular complexity index is 353. The maximum absolute atomic E-state index is 9.34. The SMILES string of the molecule is CC=[n+]1cc[nH]c1=C(O)OCC. The number of aromatic nitrogens is 2. The average molecular weight is 169 g/mol. The molecule has 0 saturated heterocycles. The van der Waals surface area contributed by atoms with E-state index in [0.29, 0.717) is 12.1 Å². The van der Waals surface area contributed by atoms with Crippen molar-refractivity contribution in [3.05, 3.63) is 24.1 Å². The monoisotopic (exact) mass is 169 g/mol. The third-order valence-corrected chi connectivity index (χ3v) is 1.48. The second-order valence-electron chi connectivity index (χ2n) is 2.21. The maximum atomic E-state index is 9.34. The van der Waals surface area contributed by atoms with Crippen molar-refractivity contribution in [2.45, 2.75) is 13.8 Å². The van der Waals surface area contributed by atoms with Crippen LogP contribution >= 0.6 is 0 Å². The van der Waals surface area contributed by atoms with Gasteiger partial charge in [0.15, 0.2) is 0 Å². The van der Waals surface area contributed by atoms with Gasteiger partial charge in [-0.3, -0.25) is 0 Å². The van der Waals surface area contributed by atoms with Gasteiger partial charge >= 0.3 is 11.4 Å². The number of nitrogens with one attached hydrogen (secondary N) is 1. The molecule has 1 aromatic heterocycles. The van der Waals surface area contributed by atoms with Crippen LogP contribution in [0.4, 0.5) is 0 Å². The predicted octanol–water partition coefficient (Wildman–Crippen LogP) is -0.00781. The summed E-state index contributed by atoms with van der Waals surface area (Å²) in [6.07, 6.45) is 5.34. The Morgan fingerprint density at radius 1 is 1.83 bits per heavy atom. The fraction of sp³-hybridized carbons (Fsp3) is 0.375. The van der Waals surface area contributed by atoms with E-state index in [9.17, 15) is 5.11 Å². The van der Waals surface area contributed by atoms with Gasteiger partial charge in [0, 0.05) is 0 Å². The van der Waals surface area contributed by atoms with Gasteiger partial charge in [-0.15, -0.1) is 0 Å². The minimum atomic E-state index is -0.0828. The van der Waals surface area contributed by atoms with E-state index in [2.05, 4.69) is 4.98 Å². The lowest BCUT2D eigenvalue weighted by Crippen LogP contribution is -2.37. The van der Waals surface area contributed by atoms with E-state index in [-0.39, 0.29) is 5.95 Å². The number of imidazole rings is 1. The lowest BCUT2D eigenvalue weighted by atomic mass is 10.7. The van der Waals surface area contributed by atoms with Crippen molar-refractivity contribution < 1.29 is 14.1 Å². The molecule has 0 saturated carbocycles. The number of aliphatic hydroxyl groups excluding tert-OH is 1. The van der Waals surface area contributed by atoms with Crippen LogP contribution in [-0.4, -0.2) is 16.7 Å². The number of aliphatic hydroxyl groups is 1. The lowest BCUT2D eigenvalue weighted by molar-refractivity contribution is -0.525. The summed E-state index contributed by atoms with van der Waals surface area (Å²) in [5.74, 6) is -0.0828. The van der Waals surface area contributed by atoms with Crippen molar-refractivity contribution >= 4 is 5.95 Å². The first kappa shape index (κ1) is 8.64. The largest absolute Gasteiger partial charge is 0.475 e. The van der Waals surface area contributed by atoms with Crippen LogP contribution in [0.2, 0.25) is 0 Å². The molecule has 0 unspecified atom stereocenters. The van der Waals surface area contributed by atoms with Gasteiger partial charge in [0.25, 0.3) is 0 Å². The molecular formula is C8H13N2O2+. The minimum absolute atomic E-state index is 0.0828. The Hall–Kier alpha value is -1.45. The van der Waals surface area contributed by atoms with Crippen molar-refractivity contribution in [1.82, 2.24) is 4.98 Å². The van der Waals surface area contributed by atoms with Gasteiger partial charge in [-0.1, -0.05) is 0 Å². The normalized spacial score (nSPS) is 14.7. The molecule has 1 aromatic rings. The van der Waals surface area contributed by atoms with Gasteiger partial charge in [0.2, 0.25) is 0 Å². The second-order valence-corrected chi connectivity index (χ2v) is 2.21. The van der Waals surface area contributed by atoms with Crippen LogP contribution in [0.15, 0.2) is 12.4 Å². The van der Waals surface area contributed by atoms with E-state index in [4.69, 9.17) is 4.74 Å². The summed E-state index contributed by atoms with van der Waals surface area (Å²) in [6, 6.07) is 0. The first-order valence-electron chi connectivity index (χ1n) is 3.86. The molecule has 1 heterocycles. The number of H-pyrrole nitrogens is 1. The summed E-state index contributed by atoms with van der Waals surface area (Å²) in [6.45, 7) is 4.14. The average Bonchev–Trinajstić information content (AvgIpc) is 2.51. The molecular weight excluding hydrogens is 156 g/mol. The molecule has 0 atom stereocenters. The summed E-state index contributed by atoms with van der Waals surface area (Å²) in [5.41, 5.74) is 0.555. The fourth-order valence-electron chi connectivity index (χ4n) is 0.938. The van der Waals surface area contributed by atoms with E-state index in [1.807, 2.05) is 20.1 Å². The zero-order chi connectivity index (χ0) is 8.97. The van der Waals surface area contributed by atoms with Crippen molar-refractivity contribution in [3.63, 3.8) is 0 Å². The highest BCUT2D eigenvalue weighted by Gasteiger charge is 2.03. The third-order valence-electron chi connectivity index (χ3n) is 1.48. The summed E-state index contributed by atoms with van der Waals surface area (Å²) in [4.78, 5) is 2.86. The van der Waals surface area contributed by atoms with Crippen LogP contribution in [0, 0.1) is 6.21 Å². The molecule has 0 bridgehead atoms. The zero-order valence-electron chi connectivity index (χ0n) is 7.24. The van der Waals surface area contributed by atoms with Gasteiger partial charge in [-0.2, -0.15) is 0 Å². The Morgan fingerprint density at radius 3 is 3.17 bits per heavy atom. The molecule has 4 nitrogen and oxygen atoms in total. The van der Waals surface area contributed by atoms with E-state index in [1.165, 1.54) is 0 Å². The molecule has 66 valence electrons. The smallest absolute Gasteiger partial charge is 0.371 e. The summed E-state index contributed by atoms with van der Waals surface area (Å²) in [5, 5.41) is 9.34. The van der Waals surface area contributed by atoms with Crippen molar-refractivity contribution in [1.29, 1.82) is 0 Å². The molecule has 2 N–H and O–H groups in total. The fourth-order valence-corrected chi connectivity index (χ4v) is 0.938. The topological polar surface area (TPSA) is 51.2 Å². The molecule has 4 heteroatoms. The number of aromatic amines is 1. The van der Waals surface area contributed by atoms with Crippen LogP contribution < -0.4 is 9.72 Å².